The normalized spacial score (nSPS) is 16.4. The molecule has 2 aliphatic rings. The third-order valence-electron chi connectivity index (χ3n) is 4.88. The van der Waals surface area contributed by atoms with Crippen molar-refractivity contribution in [2.45, 2.75) is 57.8 Å². The van der Waals surface area contributed by atoms with Crippen molar-refractivity contribution in [1.82, 2.24) is 25.0 Å². The van der Waals surface area contributed by atoms with E-state index in [0.717, 1.165) is 50.3 Å². The second kappa shape index (κ2) is 6.82. The molecule has 1 aromatic heterocycles. The van der Waals surface area contributed by atoms with Crippen molar-refractivity contribution in [3.8, 4) is 0 Å². The molecule has 6 nitrogen and oxygen atoms in total. The van der Waals surface area contributed by atoms with Crippen molar-refractivity contribution in [2.24, 2.45) is 0 Å². The van der Waals surface area contributed by atoms with Gasteiger partial charge in [-0.2, -0.15) is 0 Å². The molecule has 0 unspecified atom stereocenters. The van der Waals surface area contributed by atoms with E-state index in [1.807, 2.05) is 0 Å². The zero-order valence-electron chi connectivity index (χ0n) is 14.1. The van der Waals surface area contributed by atoms with E-state index < -0.39 is 0 Å². The molecule has 25 heavy (non-hydrogen) atoms. The number of amides is 2. The second-order valence-corrected chi connectivity index (χ2v) is 6.75. The summed E-state index contributed by atoms with van der Waals surface area (Å²) < 4.78 is 16.0. The van der Waals surface area contributed by atoms with Crippen molar-refractivity contribution >= 4 is 6.03 Å². The monoisotopic (exact) mass is 343 g/mol. The number of carbonyl (C=O) groups excluding carboxylic acids is 1. The van der Waals surface area contributed by atoms with Crippen molar-refractivity contribution in [3.05, 3.63) is 47.3 Å². The van der Waals surface area contributed by atoms with Crippen LogP contribution < -0.4 is 5.32 Å². The number of hydrogen-bond acceptors (Lipinski definition) is 3. The number of benzene rings is 1. The first-order valence-corrected chi connectivity index (χ1v) is 8.91. The fraction of sp³-hybridized carbons (Fsp3) is 0.500. The van der Waals surface area contributed by atoms with E-state index in [2.05, 4.69) is 20.1 Å². The number of aromatic nitrogens is 3. The van der Waals surface area contributed by atoms with Crippen LogP contribution in [0.5, 0.6) is 0 Å². The summed E-state index contributed by atoms with van der Waals surface area (Å²) >= 11 is 0. The number of halogens is 1. The first-order chi connectivity index (χ1) is 12.2. The van der Waals surface area contributed by atoms with Crippen LogP contribution in [0.4, 0.5) is 9.18 Å². The van der Waals surface area contributed by atoms with E-state index >= 15 is 0 Å². The van der Waals surface area contributed by atoms with E-state index in [1.165, 1.54) is 6.07 Å². The molecule has 1 aromatic carbocycles. The van der Waals surface area contributed by atoms with Gasteiger partial charge in [0.2, 0.25) is 0 Å². The summed E-state index contributed by atoms with van der Waals surface area (Å²) in [6.45, 7) is 1.56. The van der Waals surface area contributed by atoms with E-state index in [4.69, 9.17) is 0 Å². The Hall–Kier alpha value is -2.44. The van der Waals surface area contributed by atoms with Gasteiger partial charge in [0.05, 0.1) is 13.1 Å². The van der Waals surface area contributed by atoms with E-state index in [9.17, 15) is 9.18 Å². The average molecular weight is 343 g/mol. The average Bonchev–Trinajstić information content (AvgIpc) is 3.39. The van der Waals surface area contributed by atoms with Crippen LogP contribution in [0, 0.1) is 5.82 Å². The summed E-state index contributed by atoms with van der Waals surface area (Å²) in [6, 6.07) is 6.65. The Bertz CT molecular complexity index is 771. The molecule has 0 bridgehead atoms. The number of carbonyl (C=O) groups is 1. The van der Waals surface area contributed by atoms with Crippen LogP contribution in [0.25, 0.3) is 0 Å². The fourth-order valence-corrected chi connectivity index (χ4v) is 3.32. The van der Waals surface area contributed by atoms with Gasteiger partial charge in [0, 0.05) is 24.6 Å². The van der Waals surface area contributed by atoms with Gasteiger partial charge in [-0.3, -0.25) is 0 Å². The molecule has 2 amide bonds. The van der Waals surface area contributed by atoms with Gasteiger partial charge >= 0.3 is 6.03 Å². The molecule has 1 N–H and O–H groups in total. The molecule has 2 heterocycles. The highest BCUT2D eigenvalue weighted by molar-refractivity contribution is 5.74. The Morgan fingerprint density at radius 2 is 2.12 bits per heavy atom. The van der Waals surface area contributed by atoms with Gasteiger partial charge in [-0.15, -0.1) is 10.2 Å². The maximum absolute atomic E-state index is 13.9. The summed E-state index contributed by atoms with van der Waals surface area (Å²) in [5, 5.41) is 11.3. The topological polar surface area (TPSA) is 63.1 Å². The number of rotatable bonds is 5. The summed E-state index contributed by atoms with van der Waals surface area (Å²) in [5.74, 6) is 1.53. The van der Waals surface area contributed by atoms with Gasteiger partial charge < -0.3 is 14.8 Å². The van der Waals surface area contributed by atoms with E-state index in [-0.39, 0.29) is 17.9 Å². The molecule has 1 aliphatic carbocycles. The Morgan fingerprint density at radius 3 is 2.92 bits per heavy atom. The molecule has 1 fully saturated rings. The summed E-state index contributed by atoms with van der Waals surface area (Å²) in [4.78, 5) is 14.4. The Balaban J connectivity index is 1.42. The lowest BCUT2D eigenvalue weighted by Gasteiger charge is -2.23. The van der Waals surface area contributed by atoms with Crippen LogP contribution in [0.2, 0.25) is 0 Å². The molecule has 4 rings (SSSR count). The van der Waals surface area contributed by atoms with Crippen LogP contribution in [0.3, 0.4) is 0 Å². The quantitative estimate of drug-likeness (QED) is 0.908. The van der Waals surface area contributed by atoms with Gasteiger partial charge in [0.25, 0.3) is 0 Å². The minimum Gasteiger partial charge on any atom is -0.331 e. The summed E-state index contributed by atoms with van der Waals surface area (Å²) in [7, 11) is 0. The number of urea groups is 1. The molecule has 7 heteroatoms. The van der Waals surface area contributed by atoms with E-state index in [0.29, 0.717) is 18.7 Å². The molecular weight excluding hydrogens is 321 g/mol. The number of nitrogens with zero attached hydrogens (tertiary/aromatic N) is 4. The van der Waals surface area contributed by atoms with Gasteiger partial charge in [-0.05, 0) is 31.7 Å². The van der Waals surface area contributed by atoms with Crippen molar-refractivity contribution in [3.63, 3.8) is 0 Å². The molecule has 0 spiro atoms. The first-order valence-electron chi connectivity index (χ1n) is 8.91. The van der Waals surface area contributed by atoms with Crippen LogP contribution in [0.15, 0.2) is 24.3 Å². The molecule has 1 saturated carbocycles. The molecule has 2 aromatic rings. The molecule has 132 valence electrons. The van der Waals surface area contributed by atoms with E-state index in [1.54, 1.807) is 23.1 Å². The highest BCUT2D eigenvalue weighted by Gasteiger charge is 2.33. The predicted molar refractivity (Wildman–Crippen MR) is 90.2 cm³/mol. The van der Waals surface area contributed by atoms with Crippen LogP contribution in [-0.4, -0.2) is 31.7 Å². The van der Waals surface area contributed by atoms with Crippen molar-refractivity contribution < 1.29 is 9.18 Å². The lowest BCUT2D eigenvalue weighted by atomic mass is 10.2. The third kappa shape index (κ3) is 3.50. The molecular formula is C18H22FN5O. The Labute approximate surface area is 146 Å². The minimum absolute atomic E-state index is 0.168. The lowest BCUT2D eigenvalue weighted by Crippen LogP contribution is -2.41. The summed E-state index contributed by atoms with van der Waals surface area (Å²) in [5.41, 5.74) is 0.546. The SMILES string of the molecule is O=C(NCc1nnc2n1CCCC2)N(Cc1ccccc1F)C1CC1. The number of aryl methyl sites for hydroxylation is 1. The maximum atomic E-state index is 13.9. The van der Waals surface area contributed by atoms with Crippen molar-refractivity contribution in [1.29, 1.82) is 0 Å². The highest BCUT2D eigenvalue weighted by atomic mass is 19.1. The van der Waals surface area contributed by atoms with Gasteiger partial charge in [-0.1, -0.05) is 18.2 Å². The zero-order chi connectivity index (χ0) is 17.2. The molecule has 0 atom stereocenters. The van der Waals surface area contributed by atoms with Crippen LogP contribution in [-0.2, 0) is 26.1 Å². The van der Waals surface area contributed by atoms with Crippen LogP contribution in [0.1, 0.15) is 42.9 Å². The van der Waals surface area contributed by atoms with Gasteiger partial charge in [0.15, 0.2) is 5.82 Å². The minimum atomic E-state index is -0.271. The second-order valence-electron chi connectivity index (χ2n) is 6.75. The standard InChI is InChI=1S/C18H22FN5O/c19-15-6-2-1-5-13(15)12-24(14-8-9-14)18(25)20-11-17-22-21-16-7-3-4-10-23(16)17/h1-2,5-6,14H,3-4,7-12H2,(H,20,25). The zero-order valence-corrected chi connectivity index (χ0v) is 14.1. The lowest BCUT2D eigenvalue weighted by molar-refractivity contribution is 0.190. The first kappa shape index (κ1) is 16.1. The van der Waals surface area contributed by atoms with Gasteiger partial charge in [-0.25, -0.2) is 9.18 Å². The number of fused-ring (bicyclic) bond motifs is 1. The predicted octanol–water partition coefficient (Wildman–Crippen LogP) is 2.63. The van der Waals surface area contributed by atoms with Gasteiger partial charge in [0.1, 0.15) is 11.6 Å². The molecule has 0 saturated heterocycles. The maximum Gasteiger partial charge on any atom is 0.318 e. The summed E-state index contributed by atoms with van der Waals surface area (Å²) in [6.07, 6.45) is 5.16. The Morgan fingerprint density at radius 1 is 1.28 bits per heavy atom. The fourth-order valence-electron chi connectivity index (χ4n) is 3.32. The molecule has 0 radical (unpaired) electrons. The Kier molecular flexibility index (Phi) is 4.38. The van der Waals surface area contributed by atoms with Crippen LogP contribution >= 0.6 is 0 Å². The highest BCUT2D eigenvalue weighted by Crippen LogP contribution is 2.29. The largest absolute Gasteiger partial charge is 0.331 e. The number of hydrogen-bond donors (Lipinski definition) is 1. The van der Waals surface area contributed by atoms with Crippen molar-refractivity contribution in [2.75, 3.05) is 0 Å². The number of nitrogens with one attached hydrogen (secondary N) is 1. The molecule has 1 aliphatic heterocycles. The smallest absolute Gasteiger partial charge is 0.318 e. The third-order valence-corrected chi connectivity index (χ3v) is 4.88.